The van der Waals surface area contributed by atoms with Crippen LogP contribution in [0.3, 0.4) is 0 Å². The average molecular weight is 417 g/mol. The molecule has 0 aliphatic carbocycles. The molecule has 2 N–H and O–H groups in total. The van der Waals surface area contributed by atoms with Crippen molar-refractivity contribution >= 4 is 50.2 Å². The number of aromatic nitrogens is 2. The third-order valence-electron chi connectivity index (χ3n) is 3.67. The number of aromatic amines is 1. The Morgan fingerprint density at radius 1 is 1.12 bits per heavy atom. The van der Waals surface area contributed by atoms with Gasteiger partial charge in [-0.15, -0.1) is 0 Å². The van der Waals surface area contributed by atoms with Crippen molar-refractivity contribution in [1.82, 2.24) is 9.97 Å². The van der Waals surface area contributed by atoms with Gasteiger partial charge >= 0.3 is 0 Å². The lowest BCUT2D eigenvalue weighted by Gasteiger charge is -2.05. The van der Waals surface area contributed by atoms with Crippen molar-refractivity contribution in [2.75, 3.05) is 5.32 Å². The number of fused-ring (bicyclic) bond motifs is 1. The van der Waals surface area contributed by atoms with E-state index in [9.17, 15) is 4.79 Å². The fourth-order valence-electron chi connectivity index (χ4n) is 2.51. The minimum absolute atomic E-state index is 0.233. The number of imidazole rings is 1. The Labute approximate surface area is 156 Å². The number of hydrogen-bond acceptors (Lipinski definition) is 3. The summed E-state index contributed by atoms with van der Waals surface area (Å²) < 4.78 is 6.32. The SMILES string of the molecule is O=C(Nc1ccc(Br)cc1)c1cccc2[nH]c(-c3ccc(Cl)o3)nc12. The van der Waals surface area contributed by atoms with E-state index in [2.05, 4.69) is 31.2 Å². The van der Waals surface area contributed by atoms with Gasteiger partial charge in [0.15, 0.2) is 16.8 Å². The summed E-state index contributed by atoms with van der Waals surface area (Å²) in [4.78, 5) is 20.3. The van der Waals surface area contributed by atoms with E-state index in [0.29, 0.717) is 28.4 Å². The number of carbonyl (C=O) groups excluding carboxylic acids is 1. The molecule has 0 aliphatic heterocycles. The molecule has 124 valence electrons. The third kappa shape index (κ3) is 3.18. The zero-order valence-corrected chi connectivity index (χ0v) is 15.1. The van der Waals surface area contributed by atoms with Crippen molar-refractivity contribution in [3.8, 4) is 11.6 Å². The minimum atomic E-state index is -0.233. The Balaban J connectivity index is 1.70. The molecule has 0 radical (unpaired) electrons. The first-order valence-electron chi connectivity index (χ1n) is 7.41. The monoisotopic (exact) mass is 415 g/mol. The molecule has 5 nitrogen and oxygen atoms in total. The molecule has 2 aromatic carbocycles. The van der Waals surface area contributed by atoms with E-state index in [1.807, 2.05) is 30.3 Å². The van der Waals surface area contributed by atoms with Gasteiger partial charge in [-0.05, 0) is 60.1 Å². The maximum atomic E-state index is 12.6. The molecular formula is C18H11BrClN3O2. The molecule has 0 unspecified atom stereocenters. The molecule has 7 heteroatoms. The van der Waals surface area contributed by atoms with Crippen LogP contribution in [-0.2, 0) is 0 Å². The predicted octanol–water partition coefficient (Wildman–Crippen LogP) is 5.49. The highest BCUT2D eigenvalue weighted by Gasteiger charge is 2.16. The first-order valence-corrected chi connectivity index (χ1v) is 8.58. The maximum absolute atomic E-state index is 12.6. The third-order valence-corrected chi connectivity index (χ3v) is 4.40. The highest BCUT2D eigenvalue weighted by Crippen LogP contribution is 2.26. The number of nitrogens with one attached hydrogen (secondary N) is 2. The number of halogens is 2. The van der Waals surface area contributed by atoms with Crippen LogP contribution in [0.25, 0.3) is 22.6 Å². The van der Waals surface area contributed by atoms with Crippen LogP contribution in [0.1, 0.15) is 10.4 Å². The summed E-state index contributed by atoms with van der Waals surface area (Å²) in [6.07, 6.45) is 0. The van der Waals surface area contributed by atoms with Crippen LogP contribution in [0, 0.1) is 0 Å². The van der Waals surface area contributed by atoms with Gasteiger partial charge in [0.2, 0.25) is 0 Å². The van der Waals surface area contributed by atoms with Crippen LogP contribution in [0.2, 0.25) is 5.22 Å². The molecule has 0 atom stereocenters. The van der Waals surface area contributed by atoms with Gasteiger partial charge in [0.25, 0.3) is 5.91 Å². The number of nitrogens with zero attached hydrogens (tertiary/aromatic N) is 1. The summed E-state index contributed by atoms with van der Waals surface area (Å²) in [6.45, 7) is 0. The number of para-hydroxylation sites is 1. The van der Waals surface area contributed by atoms with E-state index in [1.54, 1.807) is 24.3 Å². The molecule has 0 aliphatic rings. The van der Waals surface area contributed by atoms with Gasteiger partial charge in [0, 0.05) is 10.2 Å². The van der Waals surface area contributed by atoms with Gasteiger partial charge < -0.3 is 14.7 Å². The minimum Gasteiger partial charge on any atom is -0.441 e. The number of H-pyrrole nitrogens is 1. The Morgan fingerprint density at radius 3 is 2.64 bits per heavy atom. The molecule has 4 rings (SSSR count). The lowest BCUT2D eigenvalue weighted by atomic mass is 10.1. The first kappa shape index (κ1) is 15.9. The summed E-state index contributed by atoms with van der Waals surface area (Å²) in [5.41, 5.74) is 2.49. The molecular weight excluding hydrogens is 406 g/mol. The van der Waals surface area contributed by atoms with Crippen LogP contribution in [-0.4, -0.2) is 15.9 Å². The van der Waals surface area contributed by atoms with Gasteiger partial charge in [0.1, 0.15) is 5.52 Å². The number of benzene rings is 2. The summed E-state index contributed by atoms with van der Waals surface area (Å²) in [5.74, 6) is 0.801. The highest BCUT2D eigenvalue weighted by molar-refractivity contribution is 9.10. The molecule has 0 fully saturated rings. The standard InChI is InChI=1S/C18H11BrClN3O2/c19-10-4-6-11(7-5-10)21-18(24)12-2-1-3-13-16(12)23-17(22-13)14-8-9-15(20)25-14/h1-9H,(H,21,24)(H,22,23). The molecule has 2 heterocycles. The fourth-order valence-corrected chi connectivity index (χ4v) is 2.92. The lowest BCUT2D eigenvalue weighted by Crippen LogP contribution is -2.12. The van der Waals surface area contributed by atoms with Crippen molar-refractivity contribution in [3.05, 3.63) is 69.9 Å². The molecule has 0 bridgehead atoms. The van der Waals surface area contributed by atoms with Gasteiger partial charge in [0.05, 0.1) is 11.1 Å². The second kappa shape index (κ2) is 6.38. The normalized spacial score (nSPS) is 11.0. The van der Waals surface area contributed by atoms with Crippen molar-refractivity contribution in [2.24, 2.45) is 0 Å². The summed E-state index contributed by atoms with van der Waals surface area (Å²) in [6, 6.07) is 16.1. The van der Waals surface area contributed by atoms with E-state index >= 15 is 0 Å². The van der Waals surface area contributed by atoms with E-state index in [-0.39, 0.29) is 11.1 Å². The topological polar surface area (TPSA) is 70.9 Å². The van der Waals surface area contributed by atoms with Gasteiger partial charge in [-0.3, -0.25) is 4.79 Å². The summed E-state index contributed by atoms with van der Waals surface area (Å²) >= 11 is 9.19. The predicted molar refractivity (Wildman–Crippen MR) is 101 cm³/mol. The fraction of sp³-hybridized carbons (Fsp3) is 0. The quantitative estimate of drug-likeness (QED) is 0.464. The van der Waals surface area contributed by atoms with Crippen molar-refractivity contribution < 1.29 is 9.21 Å². The molecule has 1 amide bonds. The average Bonchev–Trinajstić information content (AvgIpc) is 3.22. The van der Waals surface area contributed by atoms with Crippen LogP contribution in [0.15, 0.2) is 63.5 Å². The number of rotatable bonds is 3. The second-order valence-electron chi connectivity index (χ2n) is 5.35. The van der Waals surface area contributed by atoms with Crippen LogP contribution < -0.4 is 5.32 Å². The Morgan fingerprint density at radius 2 is 1.92 bits per heavy atom. The molecule has 25 heavy (non-hydrogen) atoms. The van der Waals surface area contributed by atoms with Crippen molar-refractivity contribution in [2.45, 2.75) is 0 Å². The number of carbonyl (C=O) groups is 1. The van der Waals surface area contributed by atoms with Gasteiger partial charge in [-0.1, -0.05) is 22.0 Å². The molecule has 2 aromatic heterocycles. The van der Waals surface area contributed by atoms with Gasteiger partial charge in [-0.2, -0.15) is 0 Å². The summed E-state index contributed by atoms with van der Waals surface area (Å²) in [5, 5.41) is 3.15. The smallest absolute Gasteiger partial charge is 0.257 e. The Hall–Kier alpha value is -2.57. The Bertz CT molecular complexity index is 1070. The first-order chi connectivity index (χ1) is 12.1. The molecule has 4 aromatic rings. The van der Waals surface area contributed by atoms with Crippen LogP contribution >= 0.6 is 27.5 Å². The zero-order valence-electron chi connectivity index (χ0n) is 12.7. The maximum Gasteiger partial charge on any atom is 0.257 e. The highest BCUT2D eigenvalue weighted by atomic mass is 79.9. The van der Waals surface area contributed by atoms with Crippen LogP contribution in [0.5, 0.6) is 0 Å². The zero-order chi connectivity index (χ0) is 17.4. The molecule has 0 saturated heterocycles. The van der Waals surface area contributed by atoms with Crippen molar-refractivity contribution in [1.29, 1.82) is 0 Å². The number of amides is 1. The number of furan rings is 1. The number of anilines is 1. The van der Waals surface area contributed by atoms with Gasteiger partial charge in [-0.25, -0.2) is 4.98 Å². The van der Waals surface area contributed by atoms with E-state index in [1.165, 1.54) is 0 Å². The molecule has 0 saturated carbocycles. The van der Waals surface area contributed by atoms with E-state index in [4.69, 9.17) is 16.0 Å². The molecule has 0 spiro atoms. The lowest BCUT2D eigenvalue weighted by molar-refractivity contribution is 0.102. The largest absolute Gasteiger partial charge is 0.441 e. The van der Waals surface area contributed by atoms with Crippen molar-refractivity contribution in [3.63, 3.8) is 0 Å². The second-order valence-corrected chi connectivity index (χ2v) is 6.64. The summed E-state index contributed by atoms with van der Waals surface area (Å²) in [7, 11) is 0. The van der Waals surface area contributed by atoms with Crippen LogP contribution in [0.4, 0.5) is 5.69 Å². The van der Waals surface area contributed by atoms with E-state index < -0.39 is 0 Å². The number of hydrogen-bond donors (Lipinski definition) is 2. The van der Waals surface area contributed by atoms with E-state index in [0.717, 1.165) is 9.99 Å². The Kier molecular flexibility index (Phi) is 4.07.